The molecule has 1 aromatic rings. The van der Waals surface area contributed by atoms with Crippen LogP contribution in [0.1, 0.15) is 26.3 Å². The standard InChI is InChI=1S/C15H24N2O2/c1-5-17(6-2)11-13-9-7-8-10-14(13)16-15(18)12(3)19-4/h7-10,12H,5-6,11H2,1-4H3,(H,16,18). The Kier molecular flexibility index (Phi) is 6.53. The van der Waals surface area contributed by atoms with Gasteiger partial charge in [0, 0.05) is 19.3 Å². The first-order valence-corrected chi connectivity index (χ1v) is 6.76. The van der Waals surface area contributed by atoms with Gasteiger partial charge in [-0.1, -0.05) is 32.0 Å². The maximum Gasteiger partial charge on any atom is 0.253 e. The third-order valence-corrected chi connectivity index (χ3v) is 3.29. The molecule has 0 aliphatic heterocycles. The van der Waals surface area contributed by atoms with E-state index in [-0.39, 0.29) is 5.91 Å². The number of amides is 1. The lowest BCUT2D eigenvalue weighted by Gasteiger charge is -2.20. The number of ether oxygens (including phenoxy) is 1. The van der Waals surface area contributed by atoms with E-state index in [1.807, 2.05) is 24.3 Å². The van der Waals surface area contributed by atoms with Crippen LogP contribution in [0.3, 0.4) is 0 Å². The van der Waals surface area contributed by atoms with E-state index in [1.54, 1.807) is 6.92 Å². The van der Waals surface area contributed by atoms with E-state index in [1.165, 1.54) is 7.11 Å². The van der Waals surface area contributed by atoms with Crippen molar-refractivity contribution in [3.05, 3.63) is 29.8 Å². The Morgan fingerprint density at radius 1 is 1.32 bits per heavy atom. The Morgan fingerprint density at radius 2 is 1.95 bits per heavy atom. The van der Waals surface area contributed by atoms with Gasteiger partial charge in [-0.3, -0.25) is 9.69 Å². The Labute approximate surface area is 115 Å². The molecule has 0 aliphatic carbocycles. The second-order valence-corrected chi connectivity index (χ2v) is 4.49. The molecule has 0 bridgehead atoms. The number of anilines is 1. The van der Waals surface area contributed by atoms with Crippen molar-refractivity contribution in [1.29, 1.82) is 0 Å². The van der Waals surface area contributed by atoms with Gasteiger partial charge >= 0.3 is 0 Å². The lowest BCUT2D eigenvalue weighted by molar-refractivity contribution is -0.124. The number of rotatable bonds is 7. The second kappa shape index (κ2) is 7.92. The first-order chi connectivity index (χ1) is 9.12. The van der Waals surface area contributed by atoms with Gasteiger partial charge < -0.3 is 10.1 Å². The number of benzene rings is 1. The van der Waals surface area contributed by atoms with Crippen LogP contribution in [0.25, 0.3) is 0 Å². The minimum Gasteiger partial charge on any atom is -0.372 e. The van der Waals surface area contributed by atoms with E-state index in [0.717, 1.165) is 30.9 Å². The van der Waals surface area contributed by atoms with Crippen molar-refractivity contribution in [2.45, 2.75) is 33.4 Å². The second-order valence-electron chi connectivity index (χ2n) is 4.49. The van der Waals surface area contributed by atoms with Gasteiger partial charge in [0.25, 0.3) is 5.91 Å². The molecule has 1 amide bonds. The molecule has 0 saturated carbocycles. The van der Waals surface area contributed by atoms with Crippen LogP contribution in [0, 0.1) is 0 Å². The molecule has 1 aromatic carbocycles. The van der Waals surface area contributed by atoms with Crippen LogP contribution < -0.4 is 5.32 Å². The van der Waals surface area contributed by atoms with Crippen LogP contribution in [0.5, 0.6) is 0 Å². The van der Waals surface area contributed by atoms with Gasteiger partial charge in [-0.05, 0) is 31.6 Å². The monoisotopic (exact) mass is 264 g/mol. The molecular formula is C15H24N2O2. The van der Waals surface area contributed by atoms with E-state index in [9.17, 15) is 4.79 Å². The zero-order chi connectivity index (χ0) is 14.3. The molecule has 0 heterocycles. The van der Waals surface area contributed by atoms with Crippen molar-refractivity contribution >= 4 is 11.6 Å². The van der Waals surface area contributed by atoms with Crippen molar-refractivity contribution in [2.24, 2.45) is 0 Å². The highest BCUT2D eigenvalue weighted by molar-refractivity contribution is 5.94. The molecule has 0 aromatic heterocycles. The highest BCUT2D eigenvalue weighted by Crippen LogP contribution is 2.17. The first-order valence-electron chi connectivity index (χ1n) is 6.76. The van der Waals surface area contributed by atoms with Gasteiger partial charge in [-0.2, -0.15) is 0 Å². The topological polar surface area (TPSA) is 41.6 Å². The summed E-state index contributed by atoms with van der Waals surface area (Å²) >= 11 is 0. The summed E-state index contributed by atoms with van der Waals surface area (Å²) < 4.78 is 5.03. The van der Waals surface area contributed by atoms with Gasteiger partial charge in [-0.25, -0.2) is 0 Å². The fourth-order valence-corrected chi connectivity index (χ4v) is 1.81. The molecule has 1 rings (SSSR count). The van der Waals surface area contributed by atoms with Gasteiger partial charge in [0.05, 0.1) is 0 Å². The molecule has 106 valence electrons. The van der Waals surface area contributed by atoms with Gasteiger partial charge in [-0.15, -0.1) is 0 Å². The lowest BCUT2D eigenvalue weighted by Crippen LogP contribution is -2.28. The zero-order valence-corrected chi connectivity index (χ0v) is 12.3. The number of nitrogens with zero attached hydrogens (tertiary/aromatic N) is 1. The quantitative estimate of drug-likeness (QED) is 0.822. The average molecular weight is 264 g/mol. The van der Waals surface area contributed by atoms with Crippen molar-refractivity contribution in [3.63, 3.8) is 0 Å². The summed E-state index contributed by atoms with van der Waals surface area (Å²) in [4.78, 5) is 14.2. The molecule has 0 fully saturated rings. The van der Waals surface area contributed by atoms with Crippen molar-refractivity contribution in [3.8, 4) is 0 Å². The predicted molar refractivity (Wildman–Crippen MR) is 78.2 cm³/mol. The molecule has 1 atom stereocenters. The summed E-state index contributed by atoms with van der Waals surface area (Å²) in [5, 5.41) is 2.92. The Hall–Kier alpha value is -1.39. The van der Waals surface area contributed by atoms with E-state index < -0.39 is 6.10 Å². The average Bonchev–Trinajstić information content (AvgIpc) is 2.45. The number of nitrogens with one attached hydrogen (secondary N) is 1. The fraction of sp³-hybridized carbons (Fsp3) is 0.533. The van der Waals surface area contributed by atoms with Crippen LogP contribution >= 0.6 is 0 Å². The van der Waals surface area contributed by atoms with E-state index >= 15 is 0 Å². The summed E-state index contributed by atoms with van der Waals surface area (Å²) in [5.74, 6) is -0.116. The third kappa shape index (κ3) is 4.65. The normalized spacial score (nSPS) is 12.5. The Bertz CT molecular complexity index is 403. The molecule has 0 spiro atoms. The molecular weight excluding hydrogens is 240 g/mol. The van der Waals surface area contributed by atoms with Crippen LogP contribution in [-0.4, -0.2) is 37.1 Å². The van der Waals surface area contributed by atoms with Crippen molar-refractivity contribution in [1.82, 2.24) is 4.90 Å². The van der Waals surface area contributed by atoms with Crippen molar-refractivity contribution in [2.75, 3.05) is 25.5 Å². The Balaban J connectivity index is 2.81. The minimum atomic E-state index is -0.443. The maximum atomic E-state index is 11.9. The highest BCUT2D eigenvalue weighted by atomic mass is 16.5. The van der Waals surface area contributed by atoms with E-state index in [2.05, 4.69) is 24.1 Å². The number of methoxy groups -OCH3 is 1. The molecule has 19 heavy (non-hydrogen) atoms. The van der Waals surface area contributed by atoms with Gasteiger partial charge in [0.2, 0.25) is 0 Å². The van der Waals surface area contributed by atoms with Gasteiger partial charge in [0.15, 0.2) is 0 Å². The SMILES string of the molecule is CCN(CC)Cc1ccccc1NC(=O)C(C)OC. The van der Waals surface area contributed by atoms with Gasteiger partial charge in [0.1, 0.15) is 6.10 Å². The molecule has 4 nitrogen and oxygen atoms in total. The number of hydrogen-bond acceptors (Lipinski definition) is 3. The van der Waals surface area contributed by atoms with Crippen molar-refractivity contribution < 1.29 is 9.53 Å². The van der Waals surface area contributed by atoms with E-state index in [4.69, 9.17) is 4.74 Å². The number of hydrogen-bond donors (Lipinski definition) is 1. The lowest BCUT2D eigenvalue weighted by atomic mass is 10.1. The largest absolute Gasteiger partial charge is 0.372 e. The summed E-state index contributed by atoms with van der Waals surface area (Å²) in [6.45, 7) is 8.84. The molecule has 0 aliphatic rings. The molecule has 4 heteroatoms. The van der Waals surface area contributed by atoms with Crippen LogP contribution in [0.4, 0.5) is 5.69 Å². The summed E-state index contributed by atoms with van der Waals surface area (Å²) in [6.07, 6.45) is -0.443. The maximum absolute atomic E-state index is 11.9. The van der Waals surface area contributed by atoms with Crippen LogP contribution in [0.2, 0.25) is 0 Å². The number of carbonyl (C=O) groups excluding carboxylic acids is 1. The summed E-state index contributed by atoms with van der Waals surface area (Å²) in [6, 6.07) is 7.90. The third-order valence-electron chi connectivity index (χ3n) is 3.29. The number of carbonyl (C=O) groups is 1. The molecule has 0 radical (unpaired) electrons. The predicted octanol–water partition coefficient (Wildman–Crippen LogP) is 2.50. The van der Waals surface area contributed by atoms with Crippen LogP contribution in [0.15, 0.2) is 24.3 Å². The molecule has 0 saturated heterocycles. The molecule has 1 unspecified atom stereocenters. The fourth-order valence-electron chi connectivity index (χ4n) is 1.81. The minimum absolute atomic E-state index is 0.116. The number of para-hydroxylation sites is 1. The summed E-state index contributed by atoms with van der Waals surface area (Å²) in [7, 11) is 1.53. The zero-order valence-electron chi connectivity index (χ0n) is 12.3. The first kappa shape index (κ1) is 15.7. The highest BCUT2D eigenvalue weighted by Gasteiger charge is 2.14. The summed E-state index contributed by atoms with van der Waals surface area (Å²) in [5.41, 5.74) is 1.99. The smallest absolute Gasteiger partial charge is 0.253 e. The Morgan fingerprint density at radius 3 is 2.53 bits per heavy atom. The van der Waals surface area contributed by atoms with E-state index in [0.29, 0.717) is 0 Å². The van der Waals surface area contributed by atoms with Crippen LogP contribution in [-0.2, 0) is 16.1 Å². The molecule has 1 N–H and O–H groups in total.